The molecule has 10 heteroatoms. The second-order valence-corrected chi connectivity index (χ2v) is 7.43. The van der Waals surface area contributed by atoms with E-state index in [9.17, 15) is 29.4 Å². The number of aliphatic hydroxyl groups excluding tert-OH is 2. The number of benzene rings is 1. The van der Waals surface area contributed by atoms with Gasteiger partial charge in [-0.05, 0) is 12.1 Å². The second kappa shape index (κ2) is 12.3. The van der Waals surface area contributed by atoms with Gasteiger partial charge in [-0.15, -0.1) is 11.6 Å². The van der Waals surface area contributed by atoms with Gasteiger partial charge in [-0.2, -0.15) is 0 Å². The maximum absolute atomic E-state index is 12.3. The number of amides is 3. The minimum atomic E-state index is -1.49. The molecule has 0 saturated carbocycles. The van der Waals surface area contributed by atoms with E-state index in [2.05, 4.69) is 5.32 Å². The fraction of sp³-hybridized carbons (Fsp3) is 0.500. The summed E-state index contributed by atoms with van der Waals surface area (Å²) in [5.74, 6) is -3.41. The topological polar surface area (TPSA) is 133 Å². The molecule has 3 N–H and O–H groups in total. The summed E-state index contributed by atoms with van der Waals surface area (Å²) in [5.41, 5.74) is -1.06. The molecule has 30 heavy (non-hydrogen) atoms. The lowest BCUT2D eigenvalue weighted by molar-refractivity contribution is -0.151. The van der Waals surface area contributed by atoms with Gasteiger partial charge in [0.05, 0.1) is 13.2 Å². The summed E-state index contributed by atoms with van der Waals surface area (Å²) in [6, 6.07) is 8.74. The lowest BCUT2D eigenvalue weighted by atomic mass is 9.87. The summed E-state index contributed by atoms with van der Waals surface area (Å²) < 4.78 is 5.44. The van der Waals surface area contributed by atoms with Crippen LogP contribution in [-0.2, 0) is 19.2 Å². The quantitative estimate of drug-likeness (QED) is 0.309. The predicted octanol–water partition coefficient (Wildman–Crippen LogP) is 0.114. The first-order valence-electron chi connectivity index (χ1n) is 9.32. The van der Waals surface area contributed by atoms with Crippen LogP contribution in [0, 0.1) is 5.41 Å². The first-order chi connectivity index (χ1) is 14.1. The second-order valence-electron chi connectivity index (χ2n) is 7.16. The molecule has 0 fully saturated rings. The summed E-state index contributed by atoms with van der Waals surface area (Å²) in [5, 5.41) is 21.4. The molecule has 0 aliphatic rings. The molecule has 166 valence electrons. The van der Waals surface area contributed by atoms with Crippen molar-refractivity contribution in [3.05, 3.63) is 30.3 Å². The van der Waals surface area contributed by atoms with Gasteiger partial charge >= 0.3 is 0 Å². The van der Waals surface area contributed by atoms with Crippen molar-refractivity contribution in [3.8, 4) is 5.75 Å². The Bertz CT molecular complexity index is 740. The van der Waals surface area contributed by atoms with Crippen LogP contribution in [0.3, 0.4) is 0 Å². The number of hydrogen-bond donors (Lipinski definition) is 3. The number of rotatable bonds is 12. The molecule has 1 rings (SSSR count). The molecule has 0 bridgehead atoms. The van der Waals surface area contributed by atoms with Crippen molar-refractivity contribution in [2.45, 2.75) is 26.4 Å². The fourth-order valence-electron chi connectivity index (χ4n) is 2.28. The molecule has 0 aliphatic carbocycles. The van der Waals surface area contributed by atoms with Crippen molar-refractivity contribution >= 4 is 35.1 Å². The molecule has 0 unspecified atom stereocenters. The number of imide groups is 1. The van der Waals surface area contributed by atoms with E-state index in [1.165, 1.54) is 13.8 Å². The van der Waals surface area contributed by atoms with E-state index in [0.29, 0.717) is 10.6 Å². The molecule has 0 saturated heterocycles. The van der Waals surface area contributed by atoms with Gasteiger partial charge in [0, 0.05) is 18.4 Å². The number of nitrogens with one attached hydrogen (secondary N) is 1. The smallest absolute Gasteiger partial charge is 0.296 e. The third-order valence-electron chi connectivity index (χ3n) is 4.27. The Hall–Kier alpha value is -2.49. The van der Waals surface area contributed by atoms with Crippen LogP contribution in [0.15, 0.2) is 30.3 Å². The highest BCUT2D eigenvalue weighted by Crippen LogP contribution is 2.19. The van der Waals surface area contributed by atoms with Gasteiger partial charge in [0.2, 0.25) is 17.6 Å². The minimum absolute atomic E-state index is 0.0230. The number of hydrogen-bond acceptors (Lipinski definition) is 7. The number of para-hydroxylation sites is 1. The molecule has 0 radical (unpaired) electrons. The summed E-state index contributed by atoms with van der Waals surface area (Å²) in [6.45, 7) is 2.18. The lowest BCUT2D eigenvalue weighted by Gasteiger charge is -2.27. The summed E-state index contributed by atoms with van der Waals surface area (Å²) in [6.07, 6.45) is -1.86. The zero-order valence-corrected chi connectivity index (χ0v) is 17.7. The number of Topliss-reactive ketones (excluding diaryl/α,β-unsaturated/α-hetero) is 1. The number of ether oxygens (including phenoxy) is 1. The van der Waals surface area contributed by atoms with E-state index < -0.39 is 47.5 Å². The van der Waals surface area contributed by atoms with E-state index >= 15 is 0 Å². The van der Waals surface area contributed by atoms with Crippen LogP contribution in [0.2, 0.25) is 0 Å². The van der Waals surface area contributed by atoms with Gasteiger partial charge in [-0.25, -0.2) is 0 Å². The molecule has 1 aromatic rings. The largest absolute Gasteiger partial charge is 0.492 e. The minimum Gasteiger partial charge on any atom is -0.492 e. The normalized spacial score (nSPS) is 12.0. The molecule has 3 amide bonds. The average Bonchev–Trinajstić information content (AvgIpc) is 2.75. The molecule has 1 aromatic carbocycles. The van der Waals surface area contributed by atoms with Gasteiger partial charge in [0.1, 0.15) is 24.3 Å². The number of alkyl halides is 1. The monoisotopic (exact) mass is 442 g/mol. The number of halogens is 1. The molecule has 0 aliphatic heterocycles. The highest BCUT2D eigenvalue weighted by atomic mass is 35.5. The van der Waals surface area contributed by atoms with Crippen molar-refractivity contribution < 1.29 is 34.1 Å². The van der Waals surface area contributed by atoms with Crippen LogP contribution in [0.4, 0.5) is 0 Å². The highest BCUT2D eigenvalue weighted by molar-refractivity contribution is 6.40. The van der Waals surface area contributed by atoms with Gasteiger partial charge in [0.15, 0.2) is 0 Å². The molecule has 0 aromatic heterocycles. The Morgan fingerprint density at radius 1 is 1.20 bits per heavy atom. The van der Waals surface area contributed by atoms with Crippen molar-refractivity contribution in [1.82, 2.24) is 10.2 Å². The van der Waals surface area contributed by atoms with Crippen molar-refractivity contribution in [2.24, 2.45) is 5.41 Å². The van der Waals surface area contributed by atoms with Crippen LogP contribution in [0.5, 0.6) is 5.75 Å². The summed E-state index contributed by atoms with van der Waals surface area (Å²) in [7, 11) is 0. The van der Waals surface area contributed by atoms with Gasteiger partial charge in [-0.1, -0.05) is 32.0 Å². The Morgan fingerprint density at radius 3 is 2.40 bits per heavy atom. The standard InChI is InChI=1S/C20H27ClN2O7/c1-20(2,13-24)17(27)18(28)22-9-8-15(25)19(29)23(16(26)12-21)10-11-30-14-6-4-3-5-7-14/h3-7,17,24,27H,8-13H2,1-2H3,(H,22,28)/t17-/m0/s1. The zero-order valence-electron chi connectivity index (χ0n) is 17.0. The molecule has 1 atom stereocenters. The van der Waals surface area contributed by atoms with Crippen LogP contribution in [0.1, 0.15) is 20.3 Å². The maximum Gasteiger partial charge on any atom is 0.296 e. The van der Waals surface area contributed by atoms with Crippen LogP contribution in [-0.4, -0.2) is 76.9 Å². The molecule has 9 nitrogen and oxygen atoms in total. The Kier molecular flexibility index (Phi) is 10.4. The number of aliphatic hydroxyl groups is 2. The summed E-state index contributed by atoms with van der Waals surface area (Å²) in [4.78, 5) is 49.1. The SMILES string of the molecule is CC(C)(CO)[C@@H](O)C(=O)NCCC(=O)C(=O)N(CCOc1ccccc1)C(=O)CCl. The fourth-order valence-corrected chi connectivity index (χ4v) is 2.42. The summed E-state index contributed by atoms with van der Waals surface area (Å²) >= 11 is 5.53. The number of carbonyl (C=O) groups excluding carboxylic acids is 4. The average molecular weight is 443 g/mol. The van der Waals surface area contributed by atoms with Gasteiger partial charge in [0.25, 0.3) is 5.91 Å². The number of nitrogens with zero attached hydrogens (tertiary/aromatic N) is 1. The molecular formula is C20H27ClN2O7. The number of ketones is 1. The Balaban J connectivity index is 2.57. The van der Waals surface area contributed by atoms with E-state index in [1.807, 2.05) is 0 Å². The third kappa shape index (κ3) is 7.74. The van der Waals surface area contributed by atoms with Crippen molar-refractivity contribution in [1.29, 1.82) is 0 Å². The lowest BCUT2D eigenvalue weighted by Crippen LogP contribution is -2.47. The molecular weight excluding hydrogens is 416 g/mol. The van der Waals surface area contributed by atoms with Gasteiger partial charge in [-0.3, -0.25) is 24.1 Å². The van der Waals surface area contributed by atoms with E-state index in [4.69, 9.17) is 16.3 Å². The van der Waals surface area contributed by atoms with Crippen LogP contribution < -0.4 is 10.1 Å². The predicted molar refractivity (Wildman–Crippen MR) is 109 cm³/mol. The number of carbonyl (C=O) groups is 4. The van der Waals surface area contributed by atoms with Gasteiger partial charge < -0.3 is 20.3 Å². The zero-order chi connectivity index (χ0) is 22.7. The molecule has 0 heterocycles. The maximum atomic E-state index is 12.3. The van der Waals surface area contributed by atoms with E-state index in [1.54, 1.807) is 30.3 Å². The van der Waals surface area contributed by atoms with Crippen LogP contribution >= 0.6 is 11.6 Å². The molecule has 0 spiro atoms. The van der Waals surface area contributed by atoms with Crippen molar-refractivity contribution in [3.63, 3.8) is 0 Å². The van der Waals surface area contributed by atoms with E-state index in [0.717, 1.165) is 0 Å². The first kappa shape index (κ1) is 25.5. The Labute approximate surface area is 180 Å². The first-order valence-corrected chi connectivity index (χ1v) is 9.85. The van der Waals surface area contributed by atoms with Crippen molar-refractivity contribution in [2.75, 3.05) is 32.2 Å². The van der Waals surface area contributed by atoms with Crippen LogP contribution in [0.25, 0.3) is 0 Å². The Morgan fingerprint density at radius 2 is 1.83 bits per heavy atom. The third-order valence-corrected chi connectivity index (χ3v) is 4.50. The van der Waals surface area contributed by atoms with E-state index in [-0.39, 0.29) is 26.1 Å². The highest BCUT2D eigenvalue weighted by Gasteiger charge is 2.33.